The summed E-state index contributed by atoms with van der Waals surface area (Å²) < 4.78 is 5.72. The smallest absolute Gasteiger partial charge is 0.306 e. The molecule has 1 N–H and O–H groups in total. The minimum Gasteiger partial charge on any atom is -0.481 e. The summed E-state index contributed by atoms with van der Waals surface area (Å²) >= 11 is 0. The van der Waals surface area contributed by atoms with Crippen LogP contribution in [0.3, 0.4) is 0 Å². The van der Waals surface area contributed by atoms with Gasteiger partial charge in [-0.3, -0.25) is 9.59 Å². The van der Waals surface area contributed by atoms with Gasteiger partial charge in [-0.25, -0.2) is 0 Å². The van der Waals surface area contributed by atoms with Crippen LogP contribution in [0.25, 0.3) is 0 Å². The van der Waals surface area contributed by atoms with E-state index in [1.165, 1.54) is 154 Å². The van der Waals surface area contributed by atoms with Gasteiger partial charge in [0, 0.05) is 12.8 Å². The number of aliphatic carboxylic acids is 1. The number of carboxylic acids is 1. The lowest BCUT2D eigenvalue weighted by atomic mass is 10.0. The fourth-order valence-corrected chi connectivity index (χ4v) is 5.82. The maximum Gasteiger partial charge on any atom is 0.306 e. The van der Waals surface area contributed by atoms with Crippen molar-refractivity contribution in [3.8, 4) is 0 Å². The van der Waals surface area contributed by atoms with Gasteiger partial charge in [0.05, 0.1) is 0 Å². The number of esters is 1. The van der Waals surface area contributed by atoms with Crippen molar-refractivity contribution in [3.05, 3.63) is 0 Å². The average molecular weight is 581 g/mol. The third-order valence-corrected chi connectivity index (χ3v) is 8.59. The zero-order chi connectivity index (χ0) is 30.1. The first-order valence-electron chi connectivity index (χ1n) is 18.5. The first kappa shape index (κ1) is 39.9. The lowest BCUT2D eigenvalue weighted by molar-refractivity contribution is -0.151. The van der Waals surface area contributed by atoms with Crippen LogP contribution in [0.4, 0.5) is 0 Å². The molecule has 1 atom stereocenters. The number of ether oxygens (including phenoxy) is 1. The Balaban J connectivity index is 3.67. The molecule has 41 heavy (non-hydrogen) atoms. The van der Waals surface area contributed by atoms with E-state index in [2.05, 4.69) is 13.8 Å². The number of carbonyl (C=O) groups is 2. The molecule has 0 aromatic heterocycles. The molecule has 1 unspecified atom stereocenters. The molecule has 0 aromatic carbocycles. The van der Waals surface area contributed by atoms with Gasteiger partial charge >= 0.3 is 11.9 Å². The van der Waals surface area contributed by atoms with Crippen molar-refractivity contribution in [2.45, 2.75) is 225 Å². The topological polar surface area (TPSA) is 63.6 Å². The van der Waals surface area contributed by atoms with Crippen molar-refractivity contribution in [1.82, 2.24) is 0 Å². The predicted molar refractivity (Wildman–Crippen MR) is 177 cm³/mol. The standard InChI is InChI=1S/C37H72O4/c1-3-5-7-9-11-13-15-16-17-18-19-20-22-24-26-28-30-32-37(40)41-35(33-34-36(38)39)31-29-27-25-23-21-14-12-10-8-6-4-2/h35H,3-34H2,1-2H3,(H,38,39). The minimum absolute atomic E-state index is 0.0785. The molecule has 0 heterocycles. The molecule has 0 aliphatic rings. The van der Waals surface area contributed by atoms with Crippen molar-refractivity contribution < 1.29 is 19.4 Å². The third-order valence-electron chi connectivity index (χ3n) is 8.59. The van der Waals surface area contributed by atoms with Crippen LogP contribution < -0.4 is 0 Å². The van der Waals surface area contributed by atoms with Gasteiger partial charge in [-0.1, -0.05) is 181 Å². The lowest BCUT2D eigenvalue weighted by Gasteiger charge is -2.17. The Kier molecular flexibility index (Phi) is 32.6. The lowest BCUT2D eigenvalue weighted by Crippen LogP contribution is -2.19. The molecule has 0 spiro atoms. The van der Waals surface area contributed by atoms with Gasteiger partial charge in [0.1, 0.15) is 6.10 Å². The van der Waals surface area contributed by atoms with Crippen LogP contribution in [0.15, 0.2) is 0 Å². The fourth-order valence-electron chi connectivity index (χ4n) is 5.82. The van der Waals surface area contributed by atoms with Crippen LogP contribution in [-0.4, -0.2) is 23.1 Å². The Morgan fingerprint density at radius 1 is 0.439 bits per heavy atom. The Morgan fingerprint density at radius 2 is 0.756 bits per heavy atom. The molecular weight excluding hydrogens is 508 g/mol. The molecule has 0 aliphatic heterocycles. The number of carboxylic acid groups (broad SMARTS) is 1. The molecular formula is C37H72O4. The summed E-state index contributed by atoms with van der Waals surface area (Å²) in [4.78, 5) is 23.4. The molecule has 0 rings (SSSR count). The molecule has 0 radical (unpaired) electrons. The van der Waals surface area contributed by atoms with E-state index in [4.69, 9.17) is 9.84 Å². The highest BCUT2D eigenvalue weighted by atomic mass is 16.5. The second-order valence-electron chi connectivity index (χ2n) is 12.8. The highest BCUT2D eigenvalue weighted by molar-refractivity contribution is 5.69. The minimum atomic E-state index is -0.807. The van der Waals surface area contributed by atoms with E-state index < -0.39 is 5.97 Å². The predicted octanol–water partition coefficient (Wildman–Crippen LogP) is 12.5. The summed E-state index contributed by atoms with van der Waals surface area (Å²) in [5.41, 5.74) is 0. The van der Waals surface area contributed by atoms with Gasteiger partial charge in [-0.05, 0) is 25.7 Å². The normalized spacial score (nSPS) is 12.0. The Hall–Kier alpha value is -1.06. The van der Waals surface area contributed by atoms with E-state index >= 15 is 0 Å². The quantitative estimate of drug-likeness (QED) is 0.0607. The van der Waals surface area contributed by atoms with Crippen LogP contribution in [0.5, 0.6) is 0 Å². The molecule has 0 aliphatic carbocycles. The van der Waals surface area contributed by atoms with Crippen LogP contribution in [-0.2, 0) is 14.3 Å². The largest absolute Gasteiger partial charge is 0.481 e. The van der Waals surface area contributed by atoms with Gasteiger partial charge < -0.3 is 9.84 Å². The summed E-state index contributed by atoms with van der Waals surface area (Å²) in [5, 5.41) is 9.08. The van der Waals surface area contributed by atoms with Crippen molar-refractivity contribution in [1.29, 1.82) is 0 Å². The summed E-state index contributed by atoms with van der Waals surface area (Å²) in [6.45, 7) is 4.54. The summed E-state index contributed by atoms with van der Waals surface area (Å²) in [6.07, 6.45) is 38.3. The molecule has 4 heteroatoms. The molecule has 0 saturated carbocycles. The number of hydrogen-bond acceptors (Lipinski definition) is 3. The van der Waals surface area contributed by atoms with E-state index in [1.54, 1.807) is 0 Å². The number of hydrogen-bond donors (Lipinski definition) is 1. The summed E-state index contributed by atoms with van der Waals surface area (Å²) in [5.74, 6) is -0.942. The average Bonchev–Trinajstić information content (AvgIpc) is 2.96. The van der Waals surface area contributed by atoms with Crippen LogP contribution >= 0.6 is 0 Å². The highest BCUT2D eigenvalue weighted by Crippen LogP contribution is 2.18. The zero-order valence-corrected chi connectivity index (χ0v) is 27.9. The van der Waals surface area contributed by atoms with Crippen molar-refractivity contribution in [2.24, 2.45) is 0 Å². The van der Waals surface area contributed by atoms with Gasteiger partial charge in [-0.15, -0.1) is 0 Å². The van der Waals surface area contributed by atoms with Crippen LogP contribution in [0.2, 0.25) is 0 Å². The number of carbonyl (C=O) groups excluding carboxylic acids is 1. The van der Waals surface area contributed by atoms with Gasteiger partial charge in [0.25, 0.3) is 0 Å². The second kappa shape index (κ2) is 33.4. The van der Waals surface area contributed by atoms with Crippen LogP contribution in [0.1, 0.15) is 219 Å². The zero-order valence-electron chi connectivity index (χ0n) is 27.9. The van der Waals surface area contributed by atoms with Crippen molar-refractivity contribution in [3.63, 3.8) is 0 Å². The van der Waals surface area contributed by atoms with Crippen molar-refractivity contribution >= 4 is 11.9 Å². The molecule has 4 nitrogen and oxygen atoms in total. The number of unbranched alkanes of at least 4 members (excludes halogenated alkanes) is 26. The highest BCUT2D eigenvalue weighted by Gasteiger charge is 2.16. The Morgan fingerprint density at radius 3 is 1.10 bits per heavy atom. The van der Waals surface area contributed by atoms with Gasteiger partial charge in [0.2, 0.25) is 0 Å². The van der Waals surface area contributed by atoms with E-state index in [9.17, 15) is 9.59 Å². The molecule has 0 aromatic rings. The molecule has 0 amide bonds. The van der Waals surface area contributed by atoms with E-state index in [1.807, 2.05) is 0 Å². The van der Waals surface area contributed by atoms with Gasteiger partial charge in [0.15, 0.2) is 0 Å². The maximum absolute atomic E-state index is 12.4. The van der Waals surface area contributed by atoms with E-state index in [-0.39, 0.29) is 18.5 Å². The molecule has 0 fully saturated rings. The first-order valence-corrected chi connectivity index (χ1v) is 18.5. The van der Waals surface area contributed by atoms with Crippen molar-refractivity contribution in [2.75, 3.05) is 0 Å². The third kappa shape index (κ3) is 33.3. The molecule has 244 valence electrons. The SMILES string of the molecule is CCCCCCCCCCCCCCCCCCCC(=O)OC(CCCCCCCCCCCCC)CCC(=O)O. The Bertz CT molecular complexity index is 547. The molecule has 0 saturated heterocycles. The fraction of sp³-hybridized carbons (Fsp3) is 0.946. The molecule has 0 bridgehead atoms. The Labute approximate surface area is 256 Å². The van der Waals surface area contributed by atoms with E-state index in [0.717, 1.165) is 32.1 Å². The summed E-state index contributed by atoms with van der Waals surface area (Å²) in [6, 6.07) is 0. The first-order chi connectivity index (χ1) is 20.1. The summed E-state index contributed by atoms with van der Waals surface area (Å²) in [7, 11) is 0. The van der Waals surface area contributed by atoms with E-state index in [0.29, 0.717) is 12.8 Å². The monoisotopic (exact) mass is 581 g/mol. The number of rotatable bonds is 34. The maximum atomic E-state index is 12.4. The second-order valence-corrected chi connectivity index (χ2v) is 12.8. The van der Waals surface area contributed by atoms with Gasteiger partial charge in [-0.2, -0.15) is 0 Å². The van der Waals surface area contributed by atoms with Crippen LogP contribution in [0, 0.1) is 0 Å².